The fourth-order valence-corrected chi connectivity index (χ4v) is 0.840. The Morgan fingerprint density at radius 2 is 2.31 bits per heavy atom. The van der Waals surface area contributed by atoms with Gasteiger partial charge in [0.15, 0.2) is 11.9 Å². The van der Waals surface area contributed by atoms with Gasteiger partial charge in [-0.3, -0.25) is 16.1 Å². The van der Waals surface area contributed by atoms with Crippen LogP contribution in [0, 0.1) is 10.8 Å². The molecule has 0 radical (unpaired) electrons. The highest BCUT2D eigenvalue weighted by Gasteiger charge is 1.96. The lowest BCUT2D eigenvalue weighted by Crippen LogP contribution is -2.43. The van der Waals surface area contributed by atoms with E-state index in [0.29, 0.717) is 6.54 Å². The van der Waals surface area contributed by atoms with Crippen LogP contribution in [-0.4, -0.2) is 16.9 Å². The van der Waals surface area contributed by atoms with Gasteiger partial charge in [-0.1, -0.05) is 0 Å². The molecule has 7 N–H and O–H groups in total. The number of aromatic amines is 1. The fourth-order valence-electron chi connectivity index (χ4n) is 0.840. The van der Waals surface area contributed by atoms with E-state index in [1.54, 1.807) is 6.20 Å². The first-order valence-electron chi connectivity index (χ1n) is 3.74. The fraction of sp³-hybridized carbons (Fsp3) is 0.143. The maximum atomic E-state index is 7.26. The monoisotopic (exact) mass is 180 g/mol. The molecule has 13 heavy (non-hydrogen) atoms. The standard InChI is InChI=1S/C7H12N6/c8-6(9)13-7(10)12-4-5-2-1-3-11-5/h1-3,11H,4H2,(H6,8,9,10,12,13). The molecule has 0 amide bonds. The van der Waals surface area contributed by atoms with E-state index in [1.807, 2.05) is 12.1 Å². The summed E-state index contributed by atoms with van der Waals surface area (Å²) in [6, 6.07) is 3.77. The van der Waals surface area contributed by atoms with E-state index in [1.165, 1.54) is 0 Å². The first-order chi connectivity index (χ1) is 6.18. The minimum atomic E-state index is -0.246. The number of guanidine groups is 2. The molecule has 0 saturated heterocycles. The average Bonchev–Trinajstić information content (AvgIpc) is 2.51. The molecule has 0 spiro atoms. The summed E-state index contributed by atoms with van der Waals surface area (Å²) in [5.41, 5.74) is 5.99. The van der Waals surface area contributed by atoms with Crippen LogP contribution in [0.25, 0.3) is 0 Å². The highest BCUT2D eigenvalue weighted by Crippen LogP contribution is 1.91. The number of hydrogen-bond acceptors (Lipinski definition) is 2. The molecule has 1 heterocycles. The molecule has 6 nitrogen and oxygen atoms in total. The summed E-state index contributed by atoms with van der Waals surface area (Å²) in [7, 11) is 0. The van der Waals surface area contributed by atoms with Crippen LogP contribution < -0.4 is 16.4 Å². The summed E-state index contributed by atoms with van der Waals surface area (Å²) in [5.74, 6) is -0.230. The molecule has 1 aromatic rings. The Morgan fingerprint density at radius 1 is 1.54 bits per heavy atom. The van der Waals surface area contributed by atoms with Crippen LogP contribution in [0.15, 0.2) is 18.3 Å². The zero-order chi connectivity index (χ0) is 9.68. The van der Waals surface area contributed by atoms with Crippen LogP contribution in [0.4, 0.5) is 0 Å². The van der Waals surface area contributed by atoms with Crippen molar-refractivity contribution in [1.29, 1.82) is 10.8 Å². The van der Waals surface area contributed by atoms with Crippen molar-refractivity contribution in [1.82, 2.24) is 15.6 Å². The Labute approximate surface area is 75.5 Å². The van der Waals surface area contributed by atoms with Crippen molar-refractivity contribution in [3.63, 3.8) is 0 Å². The van der Waals surface area contributed by atoms with E-state index in [-0.39, 0.29) is 11.9 Å². The molecule has 0 aliphatic heterocycles. The van der Waals surface area contributed by atoms with Gasteiger partial charge in [-0.25, -0.2) is 0 Å². The second-order valence-corrected chi connectivity index (χ2v) is 2.46. The first kappa shape index (κ1) is 9.11. The lowest BCUT2D eigenvalue weighted by atomic mass is 10.4. The number of H-pyrrole nitrogens is 1. The predicted octanol–water partition coefficient (Wildman–Crippen LogP) is -0.478. The SMILES string of the molecule is N=C(N)NC(=N)NCc1ccc[nH]1. The Kier molecular flexibility index (Phi) is 2.91. The molecule has 1 aromatic heterocycles. The van der Waals surface area contributed by atoms with Gasteiger partial charge < -0.3 is 16.0 Å². The van der Waals surface area contributed by atoms with E-state index in [9.17, 15) is 0 Å². The third-order valence-electron chi connectivity index (χ3n) is 1.38. The van der Waals surface area contributed by atoms with Gasteiger partial charge in [0.1, 0.15) is 0 Å². The lowest BCUT2D eigenvalue weighted by Gasteiger charge is -2.07. The quantitative estimate of drug-likeness (QED) is 0.273. The van der Waals surface area contributed by atoms with Gasteiger partial charge in [-0.05, 0) is 12.1 Å². The van der Waals surface area contributed by atoms with Gasteiger partial charge in [0, 0.05) is 11.9 Å². The Hall–Kier alpha value is -1.98. The van der Waals surface area contributed by atoms with E-state index >= 15 is 0 Å². The number of rotatable bonds is 2. The van der Waals surface area contributed by atoms with Crippen LogP contribution in [0.3, 0.4) is 0 Å². The zero-order valence-corrected chi connectivity index (χ0v) is 7.02. The second kappa shape index (κ2) is 4.15. The average molecular weight is 180 g/mol. The number of aromatic nitrogens is 1. The molecule has 0 atom stereocenters. The van der Waals surface area contributed by atoms with Crippen LogP contribution in [0.2, 0.25) is 0 Å². The Bertz CT molecular complexity index is 288. The zero-order valence-electron chi connectivity index (χ0n) is 7.02. The minimum Gasteiger partial charge on any atom is -0.370 e. The molecular weight excluding hydrogens is 168 g/mol. The van der Waals surface area contributed by atoms with Crippen LogP contribution in [-0.2, 0) is 6.54 Å². The normalized spacial score (nSPS) is 9.23. The minimum absolute atomic E-state index is 0.0158. The van der Waals surface area contributed by atoms with Gasteiger partial charge in [-0.2, -0.15) is 0 Å². The van der Waals surface area contributed by atoms with E-state index in [2.05, 4.69) is 15.6 Å². The highest BCUT2D eigenvalue weighted by molar-refractivity contribution is 5.94. The van der Waals surface area contributed by atoms with Crippen molar-refractivity contribution in [2.75, 3.05) is 0 Å². The van der Waals surface area contributed by atoms with Gasteiger partial charge >= 0.3 is 0 Å². The predicted molar refractivity (Wildman–Crippen MR) is 50.4 cm³/mol. The van der Waals surface area contributed by atoms with Crippen molar-refractivity contribution in [3.8, 4) is 0 Å². The van der Waals surface area contributed by atoms with Crippen LogP contribution in [0.5, 0.6) is 0 Å². The van der Waals surface area contributed by atoms with Crippen molar-refractivity contribution in [3.05, 3.63) is 24.0 Å². The molecule has 0 saturated carbocycles. The van der Waals surface area contributed by atoms with Crippen molar-refractivity contribution in [2.24, 2.45) is 5.73 Å². The molecule has 70 valence electrons. The summed E-state index contributed by atoms with van der Waals surface area (Å²) in [4.78, 5) is 2.97. The molecular formula is C7H12N6. The van der Waals surface area contributed by atoms with Crippen LogP contribution >= 0.6 is 0 Å². The number of nitrogens with one attached hydrogen (secondary N) is 5. The second-order valence-electron chi connectivity index (χ2n) is 2.46. The highest BCUT2D eigenvalue weighted by atomic mass is 15.2. The summed E-state index contributed by atoms with van der Waals surface area (Å²) in [6.07, 6.45) is 1.80. The van der Waals surface area contributed by atoms with Crippen molar-refractivity contribution in [2.45, 2.75) is 6.54 Å². The van der Waals surface area contributed by atoms with Gasteiger partial charge in [-0.15, -0.1) is 0 Å². The molecule has 0 aliphatic rings. The Balaban J connectivity index is 2.27. The first-order valence-corrected chi connectivity index (χ1v) is 3.74. The third-order valence-corrected chi connectivity index (χ3v) is 1.38. The number of hydrogen-bond donors (Lipinski definition) is 6. The molecule has 0 aromatic carbocycles. The smallest absolute Gasteiger partial charge is 0.195 e. The molecule has 0 aliphatic carbocycles. The summed E-state index contributed by atoms with van der Waals surface area (Å²) in [6.45, 7) is 0.506. The lowest BCUT2D eigenvalue weighted by molar-refractivity contribution is 0.853. The van der Waals surface area contributed by atoms with E-state index in [4.69, 9.17) is 16.6 Å². The molecule has 0 bridgehead atoms. The van der Waals surface area contributed by atoms with Gasteiger partial charge in [0.25, 0.3) is 0 Å². The van der Waals surface area contributed by atoms with E-state index < -0.39 is 0 Å². The van der Waals surface area contributed by atoms with Crippen molar-refractivity contribution < 1.29 is 0 Å². The number of nitrogens with two attached hydrogens (primary N) is 1. The van der Waals surface area contributed by atoms with Crippen LogP contribution in [0.1, 0.15) is 5.69 Å². The maximum absolute atomic E-state index is 7.26. The summed E-state index contributed by atoms with van der Waals surface area (Å²) >= 11 is 0. The van der Waals surface area contributed by atoms with Gasteiger partial charge in [0.2, 0.25) is 0 Å². The topological polar surface area (TPSA) is 114 Å². The molecule has 0 unspecified atom stereocenters. The Morgan fingerprint density at radius 3 is 2.85 bits per heavy atom. The largest absolute Gasteiger partial charge is 0.370 e. The molecule has 0 fully saturated rings. The summed E-state index contributed by atoms with van der Waals surface area (Å²) in [5, 5.41) is 19.2. The maximum Gasteiger partial charge on any atom is 0.195 e. The summed E-state index contributed by atoms with van der Waals surface area (Å²) < 4.78 is 0. The third kappa shape index (κ3) is 3.28. The molecule has 6 heteroatoms. The van der Waals surface area contributed by atoms with E-state index in [0.717, 1.165) is 5.69 Å². The molecule has 1 rings (SSSR count). The van der Waals surface area contributed by atoms with Gasteiger partial charge in [0.05, 0.1) is 6.54 Å². The van der Waals surface area contributed by atoms with Crippen molar-refractivity contribution >= 4 is 11.9 Å².